The molecule has 0 spiro atoms. The molecule has 0 atom stereocenters. The molecule has 130 valence electrons. The quantitative estimate of drug-likeness (QED) is 0.816. The summed E-state index contributed by atoms with van der Waals surface area (Å²) in [4.78, 5) is 39.9. The van der Waals surface area contributed by atoms with Crippen molar-refractivity contribution in [2.24, 2.45) is 0 Å². The summed E-state index contributed by atoms with van der Waals surface area (Å²) in [6.45, 7) is 5.90. The Morgan fingerprint density at radius 1 is 1.17 bits per heavy atom. The second kappa shape index (κ2) is 8.63. The standard InChI is InChI=1S/C17H23N3O3S/c1-13(12-15-4-3-11-24-15)17(23)18-6-5-16(22)20-9-7-19(8-10-20)14(2)21/h3-4,11-12H,5-10H2,1-2H3,(H,18,23)/b13-12+. The largest absolute Gasteiger partial charge is 0.352 e. The number of nitrogens with one attached hydrogen (secondary N) is 1. The van der Waals surface area contributed by atoms with Gasteiger partial charge in [-0.1, -0.05) is 6.07 Å². The van der Waals surface area contributed by atoms with Crippen molar-refractivity contribution in [1.82, 2.24) is 15.1 Å². The Kier molecular flexibility index (Phi) is 6.54. The molecule has 7 heteroatoms. The third kappa shape index (κ3) is 5.19. The third-order valence-electron chi connectivity index (χ3n) is 3.96. The lowest BCUT2D eigenvalue weighted by molar-refractivity contribution is -0.138. The van der Waals surface area contributed by atoms with Crippen LogP contribution in [0.4, 0.5) is 0 Å². The van der Waals surface area contributed by atoms with Gasteiger partial charge in [-0.2, -0.15) is 0 Å². The first-order valence-electron chi connectivity index (χ1n) is 8.00. The fourth-order valence-corrected chi connectivity index (χ4v) is 3.22. The van der Waals surface area contributed by atoms with E-state index in [0.717, 1.165) is 4.88 Å². The van der Waals surface area contributed by atoms with Crippen molar-refractivity contribution in [3.05, 3.63) is 28.0 Å². The van der Waals surface area contributed by atoms with Crippen LogP contribution < -0.4 is 5.32 Å². The van der Waals surface area contributed by atoms with Crippen molar-refractivity contribution in [1.29, 1.82) is 0 Å². The normalized spacial score (nSPS) is 15.3. The van der Waals surface area contributed by atoms with Crippen LogP contribution in [0.15, 0.2) is 23.1 Å². The van der Waals surface area contributed by atoms with Gasteiger partial charge in [0.2, 0.25) is 17.7 Å². The van der Waals surface area contributed by atoms with Gasteiger partial charge < -0.3 is 15.1 Å². The first-order valence-corrected chi connectivity index (χ1v) is 8.88. The van der Waals surface area contributed by atoms with Crippen LogP contribution in [-0.2, 0) is 14.4 Å². The maximum absolute atomic E-state index is 12.1. The minimum atomic E-state index is -0.155. The summed E-state index contributed by atoms with van der Waals surface area (Å²) >= 11 is 1.57. The number of hydrogen-bond acceptors (Lipinski definition) is 4. The van der Waals surface area contributed by atoms with Crippen LogP contribution >= 0.6 is 11.3 Å². The summed E-state index contributed by atoms with van der Waals surface area (Å²) in [6, 6.07) is 3.89. The van der Waals surface area contributed by atoms with Crippen molar-refractivity contribution in [2.45, 2.75) is 20.3 Å². The molecule has 1 aromatic heterocycles. The molecule has 0 saturated carbocycles. The zero-order chi connectivity index (χ0) is 17.5. The molecule has 1 saturated heterocycles. The van der Waals surface area contributed by atoms with Gasteiger partial charge in [-0.05, 0) is 24.4 Å². The topological polar surface area (TPSA) is 69.7 Å². The maximum Gasteiger partial charge on any atom is 0.246 e. The second-order valence-electron chi connectivity index (χ2n) is 5.74. The van der Waals surface area contributed by atoms with E-state index < -0.39 is 0 Å². The molecular weight excluding hydrogens is 326 g/mol. The highest BCUT2D eigenvalue weighted by Crippen LogP contribution is 2.13. The van der Waals surface area contributed by atoms with Crippen molar-refractivity contribution >= 4 is 35.1 Å². The molecule has 0 aliphatic carbocycles. The lowest BCUT2D eigenvalue weighted by Gasteiger charge is -2.34. The Hall–Kier alpha value is -2.15. The van der Waals surface area contributed by atoms with Gasteiger partial charge in [0.1, 0.15) is 0 Å². The summed E-state index contributed by atoms with van der Waals surface area (Å²) in [6.07, 6.45) is 2.11. The molecule has 0 bridgehead atoms. The molecule has 3 amide bonds. The summed E-state index contributed by atoms with van der Waals surface area (Å²) in [5.74, 6) is -0.0987. The maximum atomic E-state index is 12.1. The van der Waals surface area contributed by atoms with Crippen LogP contribution in [0.3, 0.4) is 0 Å². The molecule has 1 fully saturated rings. The molecule has 1 aliphatic heterocycles. The zero-order valence-corrected chi connectivity index (χ0v) is 14.9. The number of hydrogen-bond donors (Lipinski definition) is 1. The Bertz CT molecular complexity index is 617. The van der Waals surface area contributed by atoms with Crippen molar-refractivity contribution in [3.63, 3.8) is 0 Å². The van der Waals surface area contributed by atoms with E-state index in [4.69, 9.17) is 0 Å². The summed E-state index contributed by atoms with van der Waals surface area (Å²) in [7, 11) is 0. The van der Waals surface area contributed by atoms with Crippen molar-refractivity contribution < 1.29 is 14.4 Å². The molecule has 1 N–H and O–H groups in total. The van der Waals surface area contributed by atoms with Gasteiger partial charge in [0.25, 0.3) is 0 Å². The first kappa shape index (κ1) is 18.2. The molecule has 0 unspecified atom stereocenters. The first-order chi connectivity index (χ1) is 11.5. The molecule has 1 aromatic rings. The van der Waals surface area contributed by atoms with Gasteiger partial charge in [-0.15, -0.1) is 11.3 Å². The minimum absolute atomic E-state index is 0.0124. The number of rotatable bonds is 5. The zero-order valence-electron chi connectivity index (χ0n) is 14.1. The Morgan fingerprint density at radius 2 is 1.83 bits per heavy atom. The second-order valence-corrected chi connectivity index (χ2v) is 6.71. The number of carbonyl (C=O) groups excluding carboxylic acids is 3. The molecule has 1 aliphatic rings. The highest BCUT2D eigenvalue weighted by molar-refractivity contribution is 7.10. The average Bonchev–Trinajstić information content (AvgIpc) is 3.07. The van der Waals surface area contributed by atoms with Gasteiger partial charge in [0, 0.05) is 56.5 Å². The summed E-state index contributed by atoms with van der Waals surface area (Å²) < 4.78 is 0. The molecular formula is C17H23N3O3S. The Morgan fingerprint density at radius 3 is 2.42 bits per heavy atom. The van der Waals surface area contributed by atoms with Crippen LogP contribution in [0.1, 0.15) is 25.1 Å². The number of nitrogens with zero attached hydrogens (tertiary/aromatic N) is 2. The van der Waals surface area contributed by atoms with Crippen molar-refractivity contribution in [2.75, 3.05) is 32.7 Å². The van der Waals surface area contributed by atoms with Crippen LogP contribution in [0, 0.1) is 0 Å². The van der Waals surface area contributed by atoms with E-state index >= 15 is 0 Å². The van der Waals surface area contributed by atoms with Gasteiger partial charge in [-0.25, -0.2) is 0 Å². The van der Waals surface area contributed by atoms with Crippen LogP contribution in [0.25, 0.3) is 6.08 Å². The Balaban J connectivity index is 1.71. The minimum Gasteiger partial charge on any atom is -0.352 e. The molecule has 2 rings (SSSR count). The van der Waals surface area contributed by atoms with Gasteiger partial charge in [-0.3, -0.25) is 14.4 Å². The number of piperazine rings is 1. The smallest absolute Gasteiger partial charge is 0.246 e. The average molecular weight is 349 g/mol. The van der Waals surface area contributed by atoms with E-state index in [1.54, 1.807) is 35.0 Å². The SMILES string of the molecule is CC(=O)N1CCN(C(=O)CCNC(=O)/C(C)=C/c2cccs2)CC1. The van der Waals surface area contributed by atoms with Crippen LogP contribution in [0.5, 0.6) is 0 Å². The molecule has 2 heterocycles. The molecule has 0 radical (unpaired) electrons. The predicted molar refractivity (Wildman–Crippen MR) is 94.4 cm³/mol. The van der Waals surface area contributed by atoms with E-state index in [0.29, 0.717) is 38.3 Å². The van der Waals surface area contributed by atoms with Gasteiger partial charge in [0.15, 0.2) is 0 Å². The van der Waals surface area contributed by atoms with Crippen molar-refractivity contribution in [3.8, 4) is 0 Å². The van der Waals surface area contributed by atoms with E-state index in [1.165, 1.54) is 0 Å². The van der Waals surface area contributed by atoms with Crippen LogP contribution in [0.2, 0.25) is 0 Å². The number of carbonyl (C=O) groups is 3. The molecule has 24 heavy (non-hydrogen) atoms. The lowest BCUT2D eigenvalue weighted by Crippen LogP contribution is -2.50. The van der Waals surface area contributed by atoms with Crippen LogP contribution in [-0.4, -0.2) is 60.2 Å². The van der Waals surface area contributed by atoms with Gasteiger partial charge >= 0.3 is 0 Å². The number of thiophene rings is 1. The highest BCUT2D eigenvalue weighted by atomic mass is 32.1. The summed E-state index contributed by atoms with van der Waals surface area (Å²) in [5.41, 5.74) is 0.625. The Labute approximate surface area is 146 Å². The summed E-state index contributed by atoms with van der Waals surface area (Å²) in [5, 5.41) is 4.74. The fourth-order valence-electron chi connectivity index (χ4n) is 2.50. The van der Waals surface area contributed by atoms with E-state index in [9.17, 15) is 14.4 Å². The lowest BCUT2D eigenvalue weighted by atomic mass is 10.2. The predicted octanol–water partition coefficient (Wildman–Crippen LogP) is 1.35. The number of amides is 3. The molecule has 0 aromatic carbocycles. The van der Waals surface area contributed by atoms with E-state index in [1.807, 2.05) is 23.6 Å². The molecule has 6 nitrogen and oxygen atoms in total. The monoisotopic (exact) mass is 349 g/mol. The third-order valence-corrected chi connectivity index (χ3v) is 4.78. The van der Waals surface area contributed by atoms with E-state index in [2.05, 4.69) is 5.32 Å². The van der Waals surface area contributed by atoms with E-state index in [-0.39, 0.29) is 24.1 Å². The van der Waals surface area contributed by atoms with Gasteiger partial charge in [0.05, 0.1) is 0 Å². The fraction of sp³-hybridized carbons (Fsp3) is 0.471. The highest BCUT2D eigenvalue weighted by Gasteiger charge is 2.21.